The molecule has 0 bridgehead atoms. The zero-order valence-corrected chi connectivity index (χ0v) is 20.9. The van der Waals surface area contributed by atoms with E-state index in [0.717, 1.165) is 76.4 Å². The summed E-state index contributed by atoms with van der Waals surface area (Å²) in [5.41, 5.74) is 1.70. The second-order valence-corrected chi connectivity index (χ2v) is 9.71. The molecule has 2 aliphatic heterocycles. The standard InChI is InChI=1S/C27H36F3N5O/c1-2-21-7-10-23(11-8-21)32-24-5-3-14-35(20-24)26(36)6-4-13-33-15-17-34(18-16-33)25-12-9-22(19-31-25)27(28,29)30/h7-12,19,24,32H,2-6,13-18,20H2,1H3/t24-/m0/s1. The lowest BCUT2D eigenvalue weighted by Gasteiger charge is -2.36. The molecule has 0 spiro atoms. The van der Waals surface area contributed by atoms with Crippen molar-refractivity contribution >= 4 is 17.4 Å². The molecule has 4 rings (SSSR count). The lowest BCUT2D eigenvalue weighted by Crippen LogP contribution is -2.47. The predicted molar refractivity (Wildman–Crippen MR) is 136 cm³/mol. The Balaban J connectivity index is 1.16. The molecule has 3 heterocycles. The average Bonchev–Trinajstić information content (AvgIpc) is 2.89. The van der Waals surface area contributed by atoms with Crippen molar-refractivity contribution < 1.29 is 18.0 Å². The Kier molecular flexibility index (Phi) is 8.72. The van der Waals surface area contributed by atoms with E-state index >= 15 is 0 Å². The number of piperazine rings is 1. The number of alkyl halides is 3. The fourth-order valence-electron chi connectivity index (χ4n) is 4.95. The van der Waals surface area contributed by atoms with Gasteiger partial charge in [0, 0.05) is 63.6 Å². The highest BCUT2D eigenvalue weighted by Gasteiger charge is 2.31. The van der Waals surface area contributed by atoms with Crippen molar-refractivity contribution in [3.8, 4) is 0 Å². The molecule has 2 aliphatic rings. The van der Waals surface area contributed by atoms with Gasteiger partial charge >= 0.3 is 6.18 Å². The van der Waals surface area contributed by atoms with Gasteiger partial charge in [-0.2, -0.15) is 13.2 Å². The van der Waals surface area contributed by atoms with E-state index in [2.05, 4.69) is 46.4 Å². The van der Waals surface area contributed by atoms with Gasteiger partial charge in [0.05, 0.1) is 5.56 Å². The Hall–Kier alpha value is -2.81. The van der Waals surface area contributed by atoms with Crippen LogP contribution < -0.4 is 10.2 Å². The van der Waals surface area contributed by atoms with Crippen LogP contribution in [0.25, 0.3) is 0 Å². The van der Waals surface area contributed by atoms with Crippen LogP contribution in [-0.2, 0) is 17.4 Å². The first-order valence-corrected chi connectivity index (χ1v) is 13.0. The number of aromatic nitrogens is 1. The van der Waals surface area contributed by atoms with Crippen LogP contribution >= 0.6 is 0 Å². The molecule has 1 N–H and O–H groups in total. The van der Waals surface area contributed by atoms with E-state index in [0.29, 0.717) is 25.3 Å². The van der Waals surface area contributed by atoms with Crippen molar-refractivity contribution in [1.29, 1.82) is 0 Å². The Labute approximate surface area is 211 Å². The summed E-state index contributed by atoms with van der Waals surface area (Å²) in [5, 5.41) is 3.59. The normalized spacial score (nSPS) is 19.4. The van der Waals surface area contributed by atoms with E-state index in [-0.39, 0.29) is 11.9 Å². The highest BCUT2D eigenvalue weighted by atomic mass is 19.4. The molecule has 2 aromatic rings. The number of nitrogens with zero attached hydrogens (tertiary/aromatic N) is 4. The Morgan fingerprint density at radius 2 is 1.81 bits per heavy atom. The Morgan fingerprint density at radius 1 is 1.06 bits per heavy atom. The summed E-state index contributed by atoms with van der Waals surface area (Å²) in [4.78, 5) is 23.2. The molecule has 1 aromatic heterocycles. The van der Waals surface area contributed by atoms with Gasteiger partial charge in [0.15, 0.2) is 0 Å². The number of carbonyl (C=O) groups excluding carboxylic acids is 1. The van der Waals surface area contributed by atoms with Crippen molar-refractivity contribution in [3.63, 3.8) is 0 Å². The Morgan fingerprint density at radius 3 is 2.44 bits per heavy atom. The van der Waals surface area contributed by atoms with Crippen molar-refractivity contribution in [1.82, 2.24) is 14.8 Å². The zero-order chi connectivity index (χ0) is 25.5. The minimum Gasteiger partial charge on any atom is -0.381 e. The van der Waals surface area contributed by atoms with Gasteiger partial charge < -0.3 is 15.1 Å². The number of amides is 1. The van der Waals surface area contributed by atoms with Gasteiger partial charge in [-0.05, 0) is 62.1 Å². The molecule has 2 saturated heterocycles. The number of piperidine rings is 1. The molecule has 196 valence electrons. The maximum absolute atomic E-state index is 12.8. The highest BCUT2D eigenvalue weighted by molar-refractivity contribution is 5.76. The number of likely N-dealkylation sites (tertiary alicyclic amines) is 1. The van der Waals surface area contributed by atoms with E-state index in [1.54, 1.807) is 0 Å². The third kappa shape index (κ3) is 7.12. The molecule has 2 fully saturated rings. The van der Waals surface area contributed by atoms with Crippen LogP contribution in [0.3, 0.4) is 0 Å². The fourth-order valence-corrected chi connectivity index (χ4v) is 4.95. The topological polar surface area (TPSA) is 51.7 Å². The van der Waals surface area contributed by atoms with E-state index in [9.17, 15) is 18.0 Å². The highest BCUT2D eigenvalue weighted by Crippen LogP contribution is 2.29. The molecule has 1 amide bonds. The van der Waals surface area contributed by atoms with E-state index in [4.69, 9.17) is 0 Å². The third-order valence-corrected chi connectivity index (χ3v) is 7.14. The number of halogens is 3. The maximum Gasteiger partial charge on any atom is 0.417 e. The van der Waals surface area contributed by atoms with Gasteiger partial charge in [-0.1, -0.05) is 19.1 Å². The molecule has 0 radical (unpaired) electrons. The number of aryl methyl sites for hydroxylation is 1. The first-order valence-electron chi connectivity index (χ1n) is 13.0. The van der Waals surface area contributed by atoms with E-state index < -0.39 is 11.7 Å². The maximum atomic E-state index is 12.8. The second-order valence-electron chi connectivity index (χ2n) is 9.71. The summed E-state index contributed by atoms with van der Waals surface area (Å²) >= 11 is 0. The molecule has 1 atom stereocenters. The largest absolute Gasteiger partial charge is 0.417 e. The molecule has 1 aromatic carbocycles. The van der Waals surface area contributed by atoms with Crippen molar-refractivity contribution in [2.45, 2.75) is 51.2 Å². The molecular weight excluding hydrogens is 467 g/mol. The lowest BCUT2D eigenvalue weighted by molar-refractivity contribution is -0.137. The predicted octanol–water partition coefficient (Wildman–Crippen LogP) is 4.67. The van der Waals surface area contributed by atoms with Crippen LogP contribution in [-0.4, -0.2) is 72.5 Å². The first kappa shape index (κ1) is 26.3. The molecule has 6 nitrogen and oxygen atoms in total. The van der Waals surface area contributed by atoms with Gasteiger partial charge in [0.25, 0.3) is 0 Å². The van der Waals surface area contributed by atoms with Gasteiger partial charge in [-0.15, -0.1) is 0 Å². The monoisotopic (exact) mass is 503 g/mol. The van der Waals surface area contributed by atoms with Crippen LogP contribution in [0.4, 0.5) is 24.7 Å². The minimum atomic E-state index is -4.37. The summed E-state index contributed by atoms with van der Waals surface area (Å²) in [6.45, 7) is 7.60. The summed E-state index contributed by atoms with van der Waals surface area (Å²) in [6, 6.07) is 11.3. The van der Waals surface area contributed by atoms with Crippen molar-refractivity contribution in [2.24, 2.45) is 0 Å². The number of carbonyl (C=O) groups is 1. The van der Waals surface area contributed by atoms with Gasteiger partial charge in [0.1, 0.15) is 5.82 Å². The van der Waals surface area contributed by atoms with Crippen LogP contribution in [0, 0.1) is 0 Å². The van der Waals surface area contributed by atoms with Crippen LogP contribution in [0.15, 0.2) is 42.6 Å². The number of nitrogens with one attached hydrogen (secondary N) is 1. The number of anilines is 2. The second kappa shape index (κ2) is 12.0. The number of benzene rings is 1. The first-order chi connectivity index (χ1) is 17.3. The molecular formula is C27H36F3N5O. The van der Waals surface area contributed by atoms with Crippen LogP contribution in [0.5, 0.6) is 0 Å². The Bertz CT molecular complexity index is 972. The van der Waals surface area contributed by atoms with Crippen LogP contribution in [0.2, 0.25) is 0 Å². The summed E-state index contributed by atoms with van der Waals surface area (Å²) in [7, 11) is 0. The smallest absolute Gasteiger partial charge is 0.381 e. The fraction of sp³-hybridized carbons (Fsp3) is 0.556. The van der Waals surface area contributed by atoms with E-state index in [1.165, 1.54) is 11.6 Å². The summed E-state index contributed by atoms with van der Waals surface area (Å²) in [5.74, 6) is 0.794. The number of hydrogen-bond acceptors (Lipinski definition) is 5. The lowest BCUT2D eigenvalue weighted by atomic mass is 10.0. The summed E-state index contributed by atoms with van der Waals surface area (Å²) < 4.78 is 38.2. The molecule has 9 heteroatoms. The van der Waals surface area contributed by atoms with Gasteiger partial charge in [-0.3, -0.25) is 9.69 Å². The SMILES string of the molecule is CCc1ccc(N[C@H]2CCCN(C(=O)CCCN3CCN(c4ccc(C(F)(F)F)cn4)CC3)C2)cc1. The molecule has 36 heavy (non-hydrogen) atoms. The van der Waals surface area contributed by atoms with Gasteiger partial charge in [0.2, 0.25) is 5.91 Å². The van der Waals surface area contributed by atoms with Crippen molar-refractivity contribution in [2.75, 3.05) is 56.0 Å². The number of hydrogen-bond donors (Lipinski definition) is 1. The molecule has 0 saturated carbocycles. The molecule has 0 unspecified atom stereocenters. The average molecular weight is 504 g/mol. The zero-order valence-electron chi connectivity index (χ0n) is 20.9. The number of pyridine rings is 1. The summed E-state index contributed by atoms with van der Waals surface area (Å²) in [6.07, 6.45) is 0.985. The van der Waals surface area contributed by atoms with E-state index in [1.807, 2.05) is 9.80 Å². The van der Waals surface area contributed by atoms with Crippen molar-refractivity contribution in [3.05, 3.63) is 53.7 Å². The molecule has 0 aliphatic carbocycles. The number of rotatable bonds is 8. The van der Waals surface area contributed by atoms with Gasteiger partial charge in [-0.25, -0.2) is 4.98 Å². The quantitative estimate of drug-likeness (QED) is 0.568. The third-order valence-electron chi connectivity index (χ3n) is 7.14. The minimum absolute atomic E-state index is 0.218. The van der Waals surface area contributed by atoms with Crippen LogP contribution in [0.1, 0.15) is 43.7 Å².